The Hall–Kier alpha value is -2.65. The lowest BCUT2D eigenvalue weighted by atomic mass is 10.1. The summed E-state index contributed by atoms with van der Waals surface area (Å²) >= 11 is 0. The quantitative estimate of drug-likeness (QED) is 0.566. The van der Waals surface area contributed by atoms with Gasteiger partial charge in [-0.2, -0.15) is 4.36 Å². The zero-order valence-corrected chi connectivity index (χ0v) is 18.0. The van der Waals surface area contributed by atoms with Gasteiger partial charge in [-0.3, -0.25) is 8.98 Å². The van der Waals surface area contributed by atoms with Gasteiger partial charge in [-0.15, -0.1) is 0 Å². The number of ether oxygens (including phenoxy) is 1. The molecule has 0 aliphatic rings. The summed E-state index contributed by atoms with van der Waals surface area (Å²) in [4.78, 5) is 16.7. The van der Waals surface area contributed by atoms with Gasteiger partial charge in [0.05, 0.1) is 25.6 Å². The van der Waals surface area contributed by atoms with Crippen LogP contribution >= 0.6 is 0 Å². The van der Waals surface area contributed by atoms with Crippen LogP contribution in [0.4, 0.5) is 5.69 Å². The van der Waals surface area contributed by atoms with Gasteiger partial charge in [0.2, 0.25) is 0 Å². The van der Waals surface area contributed by atoms with Crippen LogP contribution in [0.3, 0.4) is 0 Å². The molecule has 0 aliphatic carbocycles. The fourth-order valence-electron chi connectivity index (χ4n) is 3.11. The second kappa shape index (κ2) is 9.23. The third-order valence-corrected chi connectivity index (χ3v) is 5.45. The fourth-order valence-corrected chi connectivity index (χ4v) is 3.71. The molecule has 3 aromatic rings. The lowest BCUT2D eigenvalue weighted by Crippen LogP contribution is -2.17. The van der Waals surface area contributed by atoms with Gasteiger partial charge in [0.25, 0.3) is 5.56 Å². The predicted octanol–water partition coefficient (Wildman–Crippen LogP) is 3.46. The van der Waals surface area contributed by atoms with Crippen LogP contribution in [0.25, 0.3) is 22.2 Å². The van der Waals surface area contributed by atoms with Gasteiger partial charge in [0, 0.05) is 25.4 Å². The molecule has 0 aliphatic heterocycles. The van der Waals surface area contributed by atoms with Crippen molar-refractivity contribution in [2.24, 2.45) is 11.4 Å². The zero-order valence-electron chi connectivity index (χ0n) is 17.1. The number of imidazole rings is 1. The number of aryl methyl sites for hydroxylation is 2. The van der Waals surface area contributed by atoms with Crippen LogP contribution in [0.1, 0.15) is 26.7 Å². The van der Waals surface area contributed by atoms with E-state index in [0.29, 0.717) is 17.8 Å². The van der Waals surface area contributed by atoms with Gasteiger partial charge < -0.3 is 13.9 Å². The summed E-state index contributed by atoms with van der Waals surface area (Å²) in [5.74, 6) is 0.253. The Morgan fingerprint density at radius 2 is 2.00 bits per heavy atom. The van der Waals surface area contributed by atoms with Crippen LogP contribution in [0.15, 0.2) is 39.9 Å². The largest absolute Gasteiger partial charge is 0.491 e. The van der Waals surface area contributed by atoms with Crippen LogP contribution in [0, 0.1) is 0 Å². The molecule has 1 aromatic carbocycles. The molecule has 3 rings (SSSR count). The van der Waals surface area contributed by atoms with E-state index in [1.165, 1.54) is 11.7 Å². The van der Waals surface area contributed by atoms with Crippen molar-refractivity contribution in [1.82, 2.24) is 14.1 Å². The molecule has 0 radical (unpaired) electrons. The van der Waals surface area contributed by atoms with Crippen molar-refractivity contribution in [1.29, 1.82) is 0 Å². The van der Waals surface area contributed by atoms with Crippen molar-refractivity contribution in [3.8, 4) is 16.9 Å². The number of pyridine rings is 1. The van der Waals surface area contributed by atoms with Crippen LogP contribution in [0.5, 0.6) is 5.75 Å². The zero-order chi connectivity index (χ0) is 21.0. The average molecular weight is 419 g/mol. The molecule has 9 heteroatoms. The summed E-state index contributed by atoms with van der Waals surface area (Å²) < 4.78 is 30.3. The molecule has 1 atom stereocenters. The number of aromatic nitrogens is 3. The molecule has 29 heavy (non-hydrogen) atoms. The molecule has 8 nitrogen and oxygen atoms in total. The number of fused-ring (bicyclic) bond motifs is 1. The summed E-state index contributed by atoms with van der Waals surface area (Å²) in [6, 6.07) is 5.51. The number of hydrogen-bond donors (Lipinski definition) is 1. The number of nitrogens with zero attached hydrogens (tertiary/aromatic N) is 4. The summed E-state index contributed by atoms with van der Waals surface area (Å²) in [5, 5.41) is 0. The van der Waals surface area contributed by atoms with E-state index in [1.807, 2.05) is 12.1 Å². The Bertz CT molecular complexity index is 1160. The van der Waals surface area contributed by atoms with Crippen molar-refractivity contribution in [3.05, 3.63) is 41.1 Å². The maximum atomic E-state index is 12.2. The Morgan fingerprint density at radius 3 is 2.69 bits per heavy atom. The van der Waals surface area contributed by atoms with Crippen LogP contribution in [-0.4, -0.2) is 32.0 Å². The molecule has 2 heterocycles. The Kier molecular flexibility index (Phi) is 6.71. The fraction of sp³-hybridized carbons (Fsp3) is 0.400. The number of hydrogen-bond acceptors (Lipinski definition) is 6. The highest BCUT2D eigenvalue weighted by Crippen LogP contribution is 2.33. The second-order valence-corrected chi connectivity index (χ2v) is 7.56. The number of benzene rings is 1. The van der Waals surface area contributed by atoms with E-state index in [2.05, 4.69) is 20.8 Å². The van der Waals surface area contributed by atoms with Gasteiger partial charge in [0.1, 0.15) is 11.2 Å². The molecule has 0 amide bonds. The smallest absolute Gasteiger partial charge is 0.292 e. The number of unbranched alkanes of at least 4 members (excludes halogenated alkanes) is 1. The highest BCUT2D eigenvalue weighted by molar-refractivity contribution is 7.69. The Balaban J connectivity index is 2.24. The molecule has 2 aromatic heterocycles. The number of rotatable bonds is 8. The molecular formula is C20H26N4O4S. The first kappa shape index (κ1) is 21.1. The number of methoxy groups -OCH3 is 1. The molecule has 156 valence electrons. The standard InChI is InChI=1S/C20H26N4O4S/c1-5-7-8-24-13-21-19-16(22-29(26)28-6-2)9-14(10-17(19)24)15-11-18(27-4)20(25)23(3)12-15/h9-13,29H,5-8H2,1-4H3. The molecule has 0 saturated heterocycles. The van der Waals surface area contributed by atoms with Gasteiger partial charge in [0.15, 0.2) is 16.6 Å². The van der Waals surface area contributed by atoms with Crippen LogP contribution < -0.4 is 10.3 Å². The topological polar surface area (TPSA) is 87.7 Å². The lowest BCUT2D eigenvalue weighted by molar-refractivity contribution is 0.378. The highest BCUT2D eigenvalue weighted by atomic mass is 32.2. The van der Waals surface area contributed by atoms with E-state index in [0.717, 1.165) is 36.0 Å². The van der Waals surface area contributed by atoms with Crippen molar-refractivity contribution < 1.29 is 13.1 Å². The van der Waals surface area contributed by atoms with Crippen molar-refractivity contribution in [2.45, 2.75) is 33.2 Å². The predicted molar refractivity (Wildman–Crippen MR) is 115 cm³/mol. The van der Waals surface area contributed by atoms with E-state index in [-0.39, 0.29) is 11.3 Å². The molecule has 0 fully saturated rings. The SMILES string of the molecule is CCCCn1cnc2c(N=[SH](=O)OCC)cc(-c3cc(OC)c(=O)n(C)c3)cc21. The Morgan fingerprint density at radius 1 is 1.21 bits per heavy atom. The molecule has 0 N–H and O–H groups in total. The summed E-state index contributed by atoms with van der Waals surface area (Å²) in [7, 11) is 0.958. The van der Waals surface area contributed by atoms with E-state index in [4.69, 9.17) is 8.92 Å². The first-order chi connectivity index (χ1) is 14.0. The molecule has 0 saturated carbocycles. The minimum Gasteiger partial charge on any atom is -0.491 e. The number of thiol groups is 1. The van der Waals surface area contributed by atoms with Gasteiger partial charge in [-0.25, -0.2) is 9.19 Å². The molecule has 1 unspecified atom stereocenters. The first-order valence-corrected chi connectivity index (χ1v) is 10.7. The second-order valence-electron chi connectivity index (χ2n) is 6.62. The molecule has 0 spiro atoms. The van der Waals surface area contributed by atoms with Crippen LogP contribution in [0.2, 0.25) is 0 Å². The maximum Gasteiger partial charge on any atom is 0.292 e. The summed E-state index contributed by atoms with van der Waals surface area (Å²) in [6.07, 6.45) is 5.59. The lowest BCUT2D eigenvalue weighted by Gasteiger charge is -2.10. The van der Waals surface area contributed by atoms with E-state index >= 15 is 0 Å². The van der Waals surface area contributed by atoms with Crippen molar-refractivity contribution in [3.63, 3.8) is 0 Å². The highest BCUT2D eigenvalue weighted by Gasteiger charge is 2.13. The van der Waals surface area contributed by atoms with E-state index in [9.17, 15) is 9.00 Å². The third kappa shape index (κ3) is 4.51. The van der Waals surface area contributed by atoms with Crippen molar-refractivity contribution >= 4 is 27.6 Å². The van der Waals surface area contributed by atoms with E-state index < -0.39 is 10.9 Å². The van der Waals surface area contributed by atoms with Crippen molar-refractivity contribution in [2.75, 3.05) is 13.7 Å². The normalized spacial score (nSPS) is 12.6. The third-order valence-electron chi connectivity index (χ3n) is 4.59. The van der Waals surface area contributed by atoms with Gasteiger partial charge in [-0.05, 0) is 37.1 Å². The van der Waals surface area contributed by atoms with Crippen LogP contribution in [-0.2, 0) is 28.7 Å². The Labute approximate surface area is 171 Å². The average Bonchev–Trinajstić information content (AvgIpc) is 3.11. The monoisotopic (exact) mass is 418 g/mol. The van der Waals surface area contributed by atoms with Gasteiger partial charge >= 0.3 is 0 Å². The minimum absolute atomic E-state index is 0.213. The molecule has 0 bridgehead atoms. The van der Waals surface area contributed by atoms with E-state index in [1.54, 1.807) is 32.6 Å². The first-order valence-electron chi connectivity index (χ1n) is 9.54. The minimum atomic E-state index is -2.19. The summed E-state index contributed by atoms with van der Waals surface area (Å²) in [6.45, 7) is 5.04. The maximum absolute atomic E-state index is 12.2. The summed E-state index contributed by atoms with van der Waals surface area (Å²) in [5.41, 5.74) is 3.46. The molecular weight excluding hydrogens is 392 g/mol. The van der Waals surface area contributed by atoms with Gasteiger partial charge in [-0.1, -0.05) is 13.3 Å².